The summed E-state index contributed by atoms with van der Waals surface area (Å²) in [6, 6.07) is 5.65. The normalized spacial score (nSPS) is 10.2. The quantitative estimate of drug-likeness (QED) is 0.599. The minimum atomic E-state index is 0.556. The summed E-state index contributed by atoms with van der Waals surface area (Å²) >= 11 is 7.48. The fourth-order valence-electron chi connectivity index (χ4n) is 0.791. The molecule has 0 radical (unpaired) electrons. The van der Waals surface area contributed by atoms with Gasteiger partial charge in [-0.1, -0.05) is 17.7 Å². The van der Waals surface area contributed by atoms with E-state index in [1.54, 1.807) is 17.8 Å². The van der Waals surface area contributed by atoms with Crippen LogP contribution >= 0.6 is 23.4 Å². The summed E-state index contributed by atoms with van der Waals surface area (Å²) in [5, 5.41) is 0.556. The van der Waals surface area contributed by atoms with Crippen LogP contribution < -0.4 is 5.73 Å². The van der Waals surface area contributed by atoms with E-state index in [0.717, 1.165) is 17.2 Å². The topological polar surface area (TPSA) is 38.9 Å². The first-order valence-electron chi connectivity index (χ1n) is 3.72. The number of nitrogens with zero attached hydrogens (tertiary/aromatic N) is 1. The number of halogens is 1. The molecule has 1 heterocycles. The smallest absolute Gasteiger partial charge is 0.129 e. The summed E-state index contributed by atoms with van der Waals surface area (Å²) in [5.74, 6) is 1.85. The molecule has 0 unspecified atom stereocenters. The highest BCUT2D eigenvalue weighted by atomic mass is 35.5. The van der Waals surface area contributed by atoms with Gasteiger partial charge in [0.1, 0.15) is 5.15 Å². The Morgan fingerprint density at radius 2 is 2.33 bits per heavy atom. The highest BCUT2D eigenvalue weighted by molar-refractivity contribution is 7.98. The SMILES string of the molecule is NCCSCc1cccc(Cl)n1. The lowest BCUT2D eigenvalue weighted by Gasteiger charge is -1.99. The molecule has 4 heteroatoms. The summed E-state index contributed by atoms with van der Waals surface area (Å²) in [7, 11) is 0. The third-order valence-corrected chi connectivity index (χ3v) is 2.52. The zero-order valence-corrected chi connectivity index (χ0v) is 8.24. The molecule has 0 aliphatic heterocycles. The van der Waals surface area contributed by atoms with E-state index in [0.29, 0.717) is 11.7 Å². The number of hydrogen-bond acceptors (Lipinski definition) is 3. The average molecular weight is 203 g/mol. The molecule has 66 valence electrons. The number of rotatable bonds is 4. The first-order valence-corrected chi connectivity index (χ1v) is 5.25. The second-order valence-corrected chi connectivity index (χ2v) is 3.79. The molecule has 0 amide bonds. The van der Waals surface area contributed by atoms with E-state index in [1.165, 1.54) is 0 Å². The Labute approximate surface area is 81.5 Å². The van der Waals surface area contributed by atoms with Crippen molar-refractivity contribution in [2.24, 2.45) is 5.73 Å². The Bertz CT molecular complexity index is 242. The van der Waals surface area contributed by atoms with Gasteiger partial charge < -0.3 is 5.73 Å². The molecule has 0 aliphatic carbocycles. The second-order valence-electron chi connectivity index (χ2n) is 2.29. The molecule has 2 nitrogen and oxygen atoms in total. The molecule has 2 N–H and O–H groups in total. The van der Waals surface area contributed by atoms with Crippen LogP contribution in [-0.4, -0.2) is 17.3 Å². The summed E-state index contributed by atoms with van der Waals surface area (Å²) < 4.78 is 0. The van der Waals surface area contributed by atoms with Gasteiger partial charge in [-0.05, 0) is 12.1 Å². The lowest BCUT2D eigenvalue weighted by molar-refractivity contribution is 1.13. The molecule has 0 saturated heterocycles. The summed E-state index contributed by atoms with van der Waals surface area (Å²) in [6.07, 6.45) is 0. The van der Waals surface area contributed by atoms with Crippen LogP contribution in [-0.2, 0) is 5.75 Å². The van der Waals surface area contributed by atoms with Gasteiger partial charge in [0.25, 0.3) is 0 Å². The van der Waals surface area contributed by atoms with E-state index in [2.05, 4.69) is 4.98 Å². The maximum atomic E-state index is 5.71. The monoisotopic (exact) mass is 202 g/mol. The van der Waals surface area contributed by atoms with Gasteiger partial charge in [-0.15, -0.1) is 0 Å². The van der Waals surface area contributed by atoms with Crippen LogP contribution in [0, 0.1) is 0 Å². The van der Waals surface area contributed by atoms with Gasteiger partial charge >= 0.3 is 0 Å². The largest absolute Gasteiger partial charge is 0.330 e. The van der Waals surface area contributed by atoms with Crippen molar-refractivity contribution in [3.63, 3.8) is 0 Å². The van der Waals surface area contributed by atoms with Crippen LogP contribution in [0.5, 0.6) is 0 Å². The Kier molecular flexibility index (Phi) is 4.43. The van der Waals surface area contributed by atoms with E-state index >= 15 is 0 Å². The number of thioether (sulfide) groups is 1. The average Bonchev–Trinajstić information content (AvgIpc) is 2.05. The lowest BCUT2D eigenvalue weighted by Crippen LogP contribution is -2.01. The molecule has 0 aliphatic rings. The minimum Gasteiger partial charge on any atom is -0.330 e. The highest BCUT2D eigenvalue weighted by Gasteiger charge is 1.94. The van der Waals surface area contributed by atoms with Crippen molar-refractivity contribution in [2.75, 3.05) is 12.3 Å². The Morgan fingerprint density at radius 1 is 1.50 bits per heavy atom. The van der Waals surface area contributed by atoms with Crippen molar-refractivity contribution in [1.29, 1.82) is 0 Å². The number of hydrogen-bond donors (Lipinski definition) is 1. The predicted molar refractivity (Wildman–Crippen MR) is 54.5 cm³/mol. The third kappa shape index (κ3) is 3.43. The first-order chi connectivity index (χ1) is 5.83. The zero-order valence-electron chi connectivity index (χ0n) is 6.66. The van der Waals surface area contributed by atoms with Crippen LogP contribution in [0.4, 0.5) is 0 Å². The maximum Gasteiger partial charge on any atom is 0.129 e. The van der Waals surface area contributed by atoms with Gasteiger partial charge in [-0.25, -0.2) is 4.98 Å². The van der Waals surface area contributed by atoms with Gasteiger partial charge in [0.15, 0.2) is 0 Å². The molecule has 0 saturated carbocycles. The van der Waals surface area contributed by atoms with Crippen LogP contribution in [0.2, 0.25) is 5.15 Å². The van der Waals surface area contributed by atoms with Crippen molar-refractivity contribution in [1.82, 2.24) is 4.98 Å². The summed E-state index contributed by atoms with van der Waals surface area (Å²) in [5.41, 5.74) is 6.37. The van der Waals surface area contributed by atoms with Crippen LogP contribution in [0.3, 0.4) is 0 Å². The Hall–Kier alpha value is -0.250. The van der Waals surface area contributed by atoms with E-state index in [1.807, 2.05) is 12.1 Å². The van der Waals surface area contributed by atoms with Gasteiger partial charge in [0.05, 0.1) is 5.69 Å². The Morgan fingerprint density at radius 3 is 3.00 bits per heavy atom. The fraction of sp³-hybridized carbons (Fsp3) is 0.375. The fourth-order valence-corrected chi connectivity index (χ4v) is 1.65. The van der Waals surface area contributed by atoms with E-state index in [4.69, 9.17) is 17.3 Å². The molecule has 0 fully saturated rings. The first kappa shape index (κ1) is 9.84. The van der Waals surface area contributed by atoms with Gasteiger partial charge in [0.2, 0.25) is 0 Å². The minimum absolute atomic E-state index is 0.556. The van der Waals surface area contributed by atoms with Crippen LogP contribution in [0.15, 0.2) is 18.2 Å². The third-order valence-electron chi connectivity index (χ3n) is 1.28. The number of pyridine rings is 1. The van der Waals surface area contributed by atoms with E-state index in [9.17, 15) is 0 Å². The van der Waals surface area contributed by atoms with Crippen molar-refractivity contribution in [3.8, 4) is 0 Å². The van der Waals surface area contributed by atoms with Crippen molar-refractivity contribution >= 4 is 23.4 Å². The second kappa shape index (κ2) is 5.41. The molecular formula is C8H11ClN2S. The highest BCUT2D eigenvalue weighted by Crippen LogP contribution is 2.11. The van der Waals surface area contributed by atoms with E-state index in [-0.39, 0.29) is 0 Å². The standard InChI is InChI=1S/C8H11ClN2S/c9-8-3-1-2-7(11-8)6-12-5-4-10/h1-3H,4-6,10H2. The van der Waals surface area contributed by atoms with Crippen molar-refractivity contribution in [2.45, 2.75) is 5.75 Å². The van der Waals surface area contributed by atoms with Crippen molar-refractivity contribution in [3.05, 3.63) is 29.0 Å². The molecular weight excluding hydrogens is 192 g/mol. The molecule has 0 aromatic carbocycles. The van der Waals surface area contributed by atoms with Crippen LogP contribution in [0.1, 0.15) is 5.69 Å². The molecule has 1 rings (SSSR count). The number of aromatic nitrogens is 1. The molecule has 1 aromatic rings. The molecule has 0 atom stereocenters. The van der Waals surface area contributed by atoms with Gasteiger partial charge in [-0.3, -0.25) is 0 Å². The molecule has 12 heavy (non-hydrogen) atoms. The van der Waals surface area contributed by atoms with Crippen LogP contribution in [0.25, 0.3) is 0 Å². The van der Waals surface area contributed by atoms with E-state index < -0.39 is 0 Å². The lowest BCUT2D eigenvalue weighted by atomic mass is 10.4. The Balaban J connectivity index is 2.41. The molecule has 0 bridgehead atoms. The summed E-state index contributed by atoms with van der Waals surface area (Å²) in [6.45, 7) is 0.714. The maximum absolute atomic E-state index is 5.71. The number of nitrogens with two attached hydrogens (primary N) is 1. The van der Waals surface area contributed by atoms with Crippen molar-refractivity contribution < 1.29 is 0 Å². The summed E-state index contributed by atoms with van der Waals surface area (Å²) in [4.78, 5) is 4.15. The van der Waals surface area contributed by atoms with Gasteiger partial charge in [-0.2, -0.15) is 11.8 Å². The van der Waals surface area contributed by atoms with Gasteiger partial charge in [0, 0.05) is 18.1 Å². The predicted octanol–water partition coefficient (Wildman–Crippen LogP) is 1.93. The molecule has 1 aromatic heterocycles. The molecule has 0 spiro atoms. The zero-order chi connectivity index (χ0) is 8.81.